The second-order valence-corrected chi connectivity index (χ2v) is 10.4. The number of carbonyl (C=O) groups is 3. The normalized spacial score (nSPS) is 25.4. The molecule has 4 rings (SSSR count). The zero-order chi connectivity index (χ0) is 26.3. The fourth-order valence-corrected chi connectivity index (χ4v) is 4.75. The molecule has 1 aliphatic heterocycles. The number of hydrogen-bond donors (Lipinski definition) is 2. The number of rotatable bonds is 7. The van der Waals surface area contributed by atoms with Crippen molar-refractivity contribution in [3.05, 3.63) is 30.5 Å². The van der Waals surface area contributed by atoms with E-state index in [-0.39, 0.29) is 18.9 Å². The molecule has 2 heterocycles. The third-order valence-corrected chi connectivity index (χ3v) is 6.73. The number of fused-ring (bicyclic) bond motifs is 1. The van der Waals surface area contributed by atoms with E-state index in [9.17, 15) is 19.5 Å². The number of methoxy groups -OCH3 is 1. The molecule has 2 amide bonds. The molecule has 2 aromatic rings. The first-order valence-corrected chi connectivity index (χ1v) is 12.1. The van der Waals surface area contributed by atoms with Crippen LogP contribution in [0.25, 0.3) is 10.8 Å². The smallest absolute Gasteiger partial charge is 0.411 e. The number of nitrogens with zero attached hydrogens (tertiary/aromatic N) is 2. The molecule has 1 saturated heterocycles. The van der Waals surface area contributed by atoms with Crippen LogP contribution in [0.1, 0.15) is 47.0 Å². The molecule has 10 nitrogen and oxygen atoms in total. The van der Waals surface area contributed by atoms with E-state index in [0.29, 0.717) is 24.5 Å². The zero-order valence-electron chi connectivity index (χ0n) is 21.2. The highest BCUT2D eigenvalue weighted by Gasteiger charge is 2.61. The van der Waals surface area contributed by atoms with Crippen LogP contribution in [-0.2, 0) is 14.3 Å². The molecular weight excluding hydrogens is 466 g/mol. The highest BCUT2D eigenvalue weighted by atomic mass is 16.6. The summed E-state index contributed by atoms with van der Waals surface area (Å²) in [6.45, 7) is 7.22. The highest BCUT2D eigenvalue weighted by molar-refractivity contribution is 5.94. The van der Waals surface area contributed by atoms with Gasteiger partial charge in [0.15, 0.2) is 0 Å². The molecule has 0 bridgehead atoms. The number of ether oxygens (including phenoxy) is 3. The number of amides is 2. The van der Waals surface area contributed by atoms with Gasteiger partial charge in [-0.25, -0.2) is 14.6 Å². The average Bonchev–Trinajstić information content (AvgIpc) is 3.37. The van der Waals surface area contributed by atoms with Crippen LogP contribution in [0, 0.1) is 5.92 Å². The number of nitrogens with one attached hydrogen (secondary N) is 1. The number of aromatic nitrogens is 1. The molecule has 2 fully saturated rings. The Hall–Kier alpha value is -3.56. The van der Waals surface area contributed by atoms with E-state index in [0.717, 1.165) is 10.8 Å². The van der Waals surface area contributed by atoms with Gasteiger partial charge < -0.3 is 24.6 Å². The lowest BCUT2D eigenvalue weighted by Gasteiger charge is -2.28. The van der Waals surface area contributed by atoms with Crippen molar-refractivity contribution < 1.29 is 33.7 Å². The molecule has 1 aromatic carbocycles. The standard InChI is InChI=1S/C26H33N3O7/c1-6-16-13-26(16,23(31)32)28-21(30)20-12-18(14-29(20)24(33)36-25(2,3)4)35-22-19-8-7-17(34-5)11-15(19)9-10-27-22/h7-11,16,18,20H,6,12-14H2,1-5H3,(H,28,30)(H,31,32)/t16-,18-,20+,26-/m1/s1. The number of carboxylic acids is 1. The largest absolute Gasteiger partial charge is 0.497 e. The Morgan fingerprint density at radius 2 is 2.00 bits per heavy atom. The van der Waals surface area contributed by atoms with Gasteiger partial charge in [-0.3, -0.25) is 9.69 Å². The fraction of sp³-hybridized carbons (Fsp3) is 0.538. The fourth-order valence-electron chi connectivity index (χ4n) is 4.75. The highest BCUT2D eigenvalue weighted by Crippen LogP contribution is 2.46. The number of carbonyl (C=O) groups excluding carboxylic acids is 2. The molecule has 36 heavy (non-hydrogen) atoms. The van der Waals surface area contributed by atoms with Gasteiger partial charge in [-0.15, -0.1) is 0 Å². The summed E-state index contributed by atoms with van der Waals surface area (Å²) in [6, 6.07) is 6.42. The molecule has 4 atom stereocenters. The zero-order valence-corrected chi connectivity index (χ0v) is 21.2. The van der Waals surface area contributed by atoms with Gasteiger partial charge in [0.1, 0.15) is 29.0 Å². The van der Waals surface area contributed by atoms with Gasteiger partial charge in [0.2, 0.25) is 11.8 Å². The lowest BCUT2D eigenvalue weighted by molar-refractivity contribution is -0.144. The van der Waals surface area contributed by atoms with Gasteiger partial charge in [-0.05, 0) is 62.8 Å². The van der Waals surface area contributed by atoms with Gasteiger partial charge in [0.05, 0.1) is 13.7 Å². The van der Waals surface area contributed by atoms with E-state index in [1.807, 2.05) is 25.1 Å². The Morgan fingerprint density at radius 3 is 2.61 bits per heavy atom. The van der Waals surface area contributed by atoms with Crippen LogP contribution < -0.4 is 14.8 Å². The summed E-state index contributed by atoms with van der Waals surface area (Å²) in [5.74, 6) is -0.653. The lowest BCUT2D eigenvalue weighted by Crippen LogP contribution is -2.53. The van der Waals surface area contributed by atoms with Crippen LogP contribution >= 0.6 is 0 Å². The molecule has 2 N–H and O–H groups in total. The monoisotopic (exact) mass is 499 g/mol. The van der Waals surface area contributed by atoms with Crippen LogP contribution in [0.2, 0.25) is 0 Å². The van der Waals surface area contributed by atoms with Gasteiger partial charge >= 0.3 is 12.1 Å². The molecule has 194 valence electrons. The molecule has 0 spiro atoms. The molecule has 0 unspecified atom stereocenters. The first-order valence-electron chi connectivity index (χ1n) is 12.1. The van der Waals surface area contributed by atoms with E-state index < -0.39 is 41.3 Å². The SMILES string of the molecule is CC[C@@H]1C[C@]1(NC(=O)[C@@H]1C[C@@H](Oc2nccc3cc(OC)ccc23)CN1C(=O)OC(C)(C)C)C(=O)O. The molecule has 10 heteroatoms. The van der Waals surface area contributed by atoms with Crippen LogP contribution in [0.3, 0.4) is 0 Å². The maximum atomic E-state index is 13.3. The van der Waals surface area contributed by atoms with E-state index in [4.69, 9.17) is 14.2 Å². The number of aliphatic carboxylic acids is 1. The Balaban J connectivity index is 1.57. The molecule has 1 saturated carbocycles. The van der Waals surface area contributed by atoms with Gasteiger partial charge in [-0.1, -0.05) is 13.3 Å². The predicted octanol–water partition coefficient (Wildman–Crippen LogP) is 3.37. The van der Waals surface area contributed by atoms with E-state index >= 15 is 0 Å². The second-order valence-electron chi connectivity index (χ2n) is 10.4. The van der Waals surface area contributed by atoms with E-state index in [1.54, 1.807) is 40.1 Å². The van der Waals surface area contributed by atoms with Crippen LogP contribution in [-0.4, -0.2) is 69.9 Å². The van der Waals surface area contributed by atoms with Crippen molar-refractivity contribution in [2.45, 2.75) is 70.2 Å². The van der Waals surface area contributed by atoms with Crippen molar-refractivity contribution in [1.29, 1.82) is 0 Å². The van der Waals surface area contributed by atoms with Crippen molar-refractivity contribution in [2.24, 2.45) is 5.92 Å². The summed E-state index contributed by atoms with van der Waals surface area (Å²) in [7, 11) is 1.59. The minimum atomic E-state index is -1.29. The third-order valence-electron chi connectivity index (χ3n) is 6.73. The molecular formula is C26H33N3O7. The third kappa shape index (κ3) is 5.03. The van der Waals surface area contributed by atoms with Gasteiger partial charge in [0.25, 0.3) is 0 Å². The molecule has 2 aliphatic rings. The van der Waals surface area contributed by atoms with Crippen LogP contribution in [0.4, 0.5) is 4.79 Å². The number of hydrogen-bond acceptors (Lipinski definition) is 7. The lowest BCUT2D eigenvalue weighted by atomic mass is 10.1. The molecule has 0 radical (unpaired) electrons. The summed E-state index contributed by atoms with van der Waals surface area (Å²) in [4.78, 5) is 43.9. The quantitative estimate of drug-likeness (QED) is 0.594. The maximum absolute atomic E-state index is 13.3. The van der Waals surface area contributed by atoms with Crippen molar-refractivity contribution in [1.82, 2.24) is 15.2 Å². The van der Waals surface area contributed by atoms with Crippen molar-refractivity contribution >= 4 is 28.7 Å². The van der Waals surface area contributed by atoms with Crippen molar-refractivity contribution in [3.8, 4) is 11.6 Å². The minimum absolute atomic E-state index is 0.0957. The Kier molecular flexibility index (Phi) is 6.72. The van der Waals surface area contributed by atoms with E-state index in [2.05, 4.69) is 10.3 Å². The summed E-state index contributed by atoms with van der Waals surface area (Å²) in [5, 5.41) is 14.1. The Labute approximate surface area is 209 Å². The maximum Gasteiger partial charge on any atom is 0.411 e. The van der Waals surface area contributed by atoms with Gasteiger partial charge in [-0.2, -0.15) is 0 Å². The van der Waals surface area contributed by atoms with Gasteiger partial charge in [0, 0.05) is 18.0 Å². The summed E-state index contributed by atoms with van der Waals surface area (Å²) < 4.78 is 17.0. The summed E-state index contributed by atoms with van der Waals surface area (Å²) >= 11 is 0. The molecule has 1 aromatic heterocycles. The number of benzene rings is 1. The average molecular weight is 500 g/mol. The molecule has 1 aliphatic carbocycles. The minimum Gasteiger partial charge on any atom is -0.497 e. The topological polar surface area (TPSA) is 127 Å². The number of pyridine rings is 1. The van der Waals surface area contributed by atoms with Crippen LogP contribution in [0.5, 0.6) is 11.6 Å². The van der Waals surface area contributed by atoms with Crippen molar-refractivity contribution in [3.63, 3.8) is 0 Å². The first kappa shape index (κ1) is 25.5. The number of likely N-dealkylation sites (tertiary alicyclic amines) is 1. The Bertz CT molecular complexity index is 1180. The summed E-state index contributed by atoms with van der Waals surface area (Å²) in [5.41, 5.74) is -2.06. The van der Waals surface area contributed by atoms with Crippen LogP contribution in [0.15, 0.2) is 30.5 Å². The second kappa shape index (κ2) is 9.48. The first-order chi connectivity index (χ1) is 17.0. The number of carboxylic acid groups (broad SMARTS) is 1. The van der Waals surface area contributed by atoms with E-state index in [1.165, 1.54) is 4.90 Å². The Morgan fingerprint density at radius 1 is 1.25 bits per heavy atom. The predicted molar refractivity (Wildman–Crippen MR) is 131 cm³/mol. The van der Waals surface area contributed by atoms with Crippen molar-refractivity contribution in [2.75, 3.05) is 13.7 Å². The summed E-state index contributed by atoms with van der Waals surface area (Å²) in [6.07, 6.45) is 1.60.